The Kier molecular flexibility index (Phi) is 10.1. The van der Waals surface area contributed by atoms with E-state index in [1.807, 2.05) is 13.8 Å². The summed E-state index contributed by atoms with van der Waals surface area (Å²) in [7, 11) is 0. The minimum atomic E-state index is -0.720. The first-order valence-corrected chi connectivity index (χ1v) is 7.03. The lowest BCUT2D eigenvalue weighted by Gasteiger charge is -2.18. The fourth-order valence-electron chi connectivity index (χ4n) is 1.96. The lowest BCUT2D eigenvalue weighted by Crippen LogP contribution is -2.40. The molecule has 6 nitrogen and oxygen atoms in total. The van der Waals surface area contributed by atoms with Gasteiger partial charge in [-0.05, 0) is 38.8 Å². The van der Waals surface area contributed by atoms with Crippen LogP contribution in [-0.4, -0.2) is 47.3 Å². The molecule has 0 radical (unpaired) electrons. The van der Waals surface area contributed by atoms with E-state index in [1.54, 1.807) is 0 Å². The molecule has 0 aromatic carbocycles. The van der Waals surface area contributed by atoms with Crippen LogP contribution in [-0.2, 0) is 9.59 Å². The molecule has 0 bridgehead atoms. The van der Waals surface area contributed by atoms with Crippen molar-refractivity contribution in [3.8, 4) is 0 Å². The van der Waals surface area contributed by atoms with E-state index in [0.29, 0.717) is 0 Å². The van der Waals surface area contributed by atoms with Gasteiger partial charge in [0.15, 0.2) is 0 Å². The highest BCUT2D eigenvalue weighted by molar-refractivity contribution is 5.73. The Labute approximate surface area is 114 Å². The van der Waals surface area contributed by atoms with Crippen LogP contribution in [0.5, 0.6) is 0 Å². The van der Waals surface area contributed by atoms with Crippen molar-refractivity contribution >= 4 is 11.9 Å². The second kappa shape index (κ2) is 10.8. The second-order valence-corrected chi connectivity index (χ2v) is 4.33. The fraction of sp³-hybridized carbons (Fsp3) is 0.846. The Bertz CT molecular complexity index is 259. The molecule has 0 amide bonds. The minimum absolute atomic E-state index is 0.269. The van der Waals surface area contributed by atoms with Gasteiger partial charge in [-0.3, -0.25) is 9.59 Å². The standard InChI is InChI=1S/C6H11NO2.C5H9NO2.C2H6/c8-6(9)5-3-1-2-4-7-5;7-5(8)4-2-1-3-6-4;1-2/h5,7H,1-4H2,(H,8,9);4,6H,1-3H2,(H,7,8);1-2H3/t;4-;/m.0./s1. The Morgan fingerprint density at radius 2 is 1.26 bits per heavy atom. The molecule has 1 unspecified atom stereocenters. The quantitative estimate of drug-likeness (QED) is 0.601. The topological polar surface area (TPSA) is 98.7 Å². The van der Waals surface area contributed by atoms with Crippen LogP contribution in [0.4, 0.5) is 0 Å². The van der Waals surface area contributed by atoms with Gasteiger partial charge in [-0.2, -0.15) is 0 Å². The third-order valence-electron chi connectivity index (χ3n) is 2.97. The van der Waals surface area contributed by atoms with Crippen molar-refractivity contribution in [2.45, 2.75) is 58.0 Å². The molecule has 2 fully saturated rings. The van der Waals surface area contributed by atoms with E-state index in [9.17, 15) is 9.59 Å². The molecular formula is C13H26N2O4. The van der Waals surface area contributed by atoms with E-state index >= 15 is 0 Å². The van der Waals surface area contributed by atoms with E-state index in [1.165, 1.54) is 0 Å². The summed E-state index contributed by atoms with van der Waals surface area (Å²) in [6.07, 6.45) is 4.73. The maximum absolute atomic E-state index is 10.3. The second-order valence-electron chi connectivity index (χ2n) is 4.33. The zero-order valence-corrected chi connectivity index (χ0v) is 11.8. The van der Waals surface area contributed by atoms with Crippen molar-refractivity contribution < 1.29 is 19.8 Å². The number of carboxylic acids is 2. The molecule has 19 heavy (non-hydrogen) atoms. The van der Waals surface area contributed by atoms with Crippen LogP contribution in [0.25, 0.3) is 0 Å². The van der Waals surface area contributed by atoms with Gasteiger partial charge in [-0.15, -0.1) is 0 Å². The van der Waals surface area contributed by atoms with Crippen molar-refractivity contribution in [2.24, 2.45) is 0 Å². The Morgan fingerprint density at radius 1 is 0.842 bits per heavy atom. The van der Waals surface area contributed by atoms with E-state index in [-0.39, 0.29) is 12.1 Å². The molecule has 2 heterocycles. The van der Waals surface area contributed by atoms with Gasteiger partial charge in [0.25, 0.3) is 0 Å². The molecule has 0 aromatic rings. The minimum Gasteiger partial charge on any atom is -0.480 e. The molecule has 2 saturated heterocycles. The average Bonchev–Trinajstić information content (AvgIpc) is 2.97. The fourth-order valence-corrected chi connectivity index (χ4v) is 1.96. The SMILES string of the molecule is CC.O=C(O)C1CCCCN1.O=C(O)[C@@H]1CCCN1. The summed E-state index contributed by atoms with van der Waals surface area (Å²) in [4.78, 5) is 20.4. The monoisotopic (exact) mass is 274 g/mol. The summed E-state index contributed by atoms with van der Waals surface area (Å²) in [5, 5.41) is 22.6. The van der Waals surface area contributed by atoms with Gasteiger partial charge in [0.1, 0.15) is 12.1 Å². The predicted molar refractivity (Wildman–Crippen MR) is 73.3 cm³/mol. The number of hydrogen-bond donors (Lipinski definition) is 4. The molecule has 112 valence electrons. The molecule has 2 rings (SSSR count). The summed E-state index contributed by atoms with van der Waals surface area (Å²) in [6.45, 7) is 5.72. The first-order valence-electron chi connectivity index (χ1n) is 7.03. The van der Waals surface area contributed by atoms with E-state index in [0.717, 1.165) is 45.2 Å². The highest BCUT2D eigenvalue weighted by Crippen LogP contribution is 2.06. The molecule has 6 heteroatoms. The lowest BCUT2D eigenvalue weighted by molar-refractivity contribution is -0.140. The molecule has 0 aliphatic carbocycles. The van der Waals surface area contributed by atoms with Crippen LogP contribution in [0.3, 0.4) is 0 Å². The maximum Gasteiger partial charge on any atom is 0.320 e. The number of piperidine rings is 1. The Hall–Kier alpha value is -1.14. The summed E-state index contributed by atoms with van der Waals surface area (Å²) in [6, 6.07) is -0.547. The normalized spacial score (nSPS) is 25.4. The smallest absolute Gasteiger partial charge is 0.320 e. The van der Waals surface area contributed by atoms with Crippen molar-refractivity contribution in [3.05, 3.63) is 0 Å². The summed E-state index contributed by atoms with van der Waals surface area (Å²) < 4.78 is 0. The van der Waals surface area contributed by atoms with Crippen molar-refractivity contribution in [1.82, 2.24) is 10.6 Å². The maximum atomic E-state index is 10.3. The van der Waals surface area contributed by atoms with Gasteiger partial charge >= 0.3 is 11.9 Å². The molecule has 2 aliphatic rings. The zero-order chi connectivity index (χ0) is 14.7. The summed E-state index contributed by atoms with van der Waals surface area (Å²) >= 11 is 0. The van der Waals surface area contributed by atoms with Gasteiger partial charge in [0.2, 0.25) is 0 Å². The number of nitrogens with one attached hydrogen (secondary N) is 2. The first-order chi connectivity index (χ1) is 9.11. The molecule has 2 atom stereocenters. The average molecular weight is 274 g/mol. The molecule has 4 N–H and O–H groups in total. The molecule has 0 aromatic heterocycles. The van der Waals surface area contributed by atoms with Crippen LogP contribution in [0.1, 0.15) is 46.0 Å². The molecule has 2 aliphatic heterocycles. The van der Waals surface area contributed by atoms with Gasteiger partial charge in [0.05, 0.1) is 0 Å². The van der Waals surface area contributed by atoms with Crippen LogP contribution < -0.4 is 10.6 Å². The highest BCUT2D eigenvalue weighted by atomic mass is 16.4. The predicted octanol–water partition coefficient (Wildman–Crippen LogP) is 1.06. The Morgan fingerprint density at radius 3 is 1.53 bits per heavy atom. The summed E-state index contributed by atoms with van der Waals surface area (Å²) in [5.41, 5.74) is 0. The highest BCUT2D eigenvalue weighted by Gasteiger charge is 2.20. The van der Waals surface area contributed by atoms with Crippen molar-refractivity contribution in [2.75, 3.05) is 13.1 Å². The Balaban J connectivity index is 0.000000303. The van der Waals surface area contributed by atoms with Gasteiger partial charge in [-0.25, -0.2) is 0 Å². The third kappa shape index (κ3) is 7.79. The number of rotatable bonds is 2. The number of carbonyl (C=O) groups is 2. The van der Waals surface area contributed by atoms with E-state index in [4.69, 9.17) is 10.2 Å². The van der Waals surface area contributed by atoms with Gasteiger partial charge < -0.3 is 20.8 Å². The molecule has 0 saturated carbocycles. The van der Waals surface area contributed by atoms with Crippen LogP contribution in [0, 0.1) is 0 Å². The van der Waals surface area contributed by atoms with Gasteiger partial charge in [0, 0.05) is 0 Å². The van der Waals surface area contributed by atoms with Crippen LogP contribution >= 0.6 is 0 Å². The first kappa shape index (κ1) is 17.9. The van der Waals surface area contributed by atoms with E-state index < -0.39 is 11.9 Å². The van der Waals surface area contributed by atoms with E-state index in [2.05, 4.69) is 10.6 Å². The lowest BCUT2D eigenvalue weighted by atomic mass is 10.1. The van der Waals surface area contributed by atoms with Crippen LogP contribution in [0.15, 0.2) is 0 Å². The van der Waals surface area contributed by atoms with Gasteiger partial charge in [-0.1, -0.05) is 20.3 Å². The van der Waals surface area contributed by atoms with Crippen LogP contribution in [0.2, 0.25) is 0 Å². The summed E-state index contributed by atoms with van der Waals surface area (Å²) in [5.74, 6) is -1.43. The zero-order valence-electron chi connectivity index (χ0n) is 11.8. The van der Waals surface area contributed by atoms with Crippen molar-refractivity contribution in [1.29, 1.82) is 0 Å². The number of hydrogen-bond acceptors (Lipinski definition) is 4. The molecule has 0 spiro atoms. The largest absolute Gasteiger partial charge is 0.480 e. The third-order valence-corrected chi connectivity index (χ3v) is 2.97. The molecular weight excluding hydrogens is 248 g/mol. The van der Waals surface area contributed by atoms with Crippen molar-refractivity contribution in [3.63, 3.8) is 0 Å². The number of carboxylic acid groups (broad SMARTS) is 2. The number of aliphatic carboxylic acids is 2.